The number of Topliss-reactive ketones (excluding diaryl/α,β-unsaturated/α-hetero) is 2. The molecular formula is C16H27NO3. The third-order valence-electron chi connectivity index (χ3n) is 3.82. The lowest BCUT2D eigenvalue weighted by atomic mass is 9.69. The molecular weight excluding hydrogens is 254 g/mol. The quantitative estimate of drug-likeness (QED) is 0.761. The number of carbonyl (C=O) groups is 2. The molecule has 4 heteroatoms. The number of carbonyl (C=O) groups excluding carboxylic acids is 2. The molecule has 0 heterocycles. The summed E-state index contributed by atoms with van der Waals surface area (Å²) in [5, 5.41) is 9.30. The number of ketones is 2. The third-order valence-corrected chi connectivity index (χ3v) is 3.82. The van der Waals surface area contributed by atoms with Gasteiger partial charge in [0.2, 0.25) is 0 Å². The Hall–Kier alpha value is -1.03. The van der Waals surface area contributed by atoms with Crippen LogP contribution in [0.4, 0.5) is 0 Å². The van der Waals surface area contributed by atoms with Crippen molar-refractivity contribution in [3.63, 3.8) is 0 Å². The molecule has 0 unspecified atom stereocenters. The van der Waals surface area contributed by atoms with Crippen molar-refractivity contribution in [3.05, 3.63) is 0 Å². The molecule has 0 aliphatic heterocycles. The zero-order valence-corrected chi connectivity index (χ0v) is 13.1. The number of hydrogen-bond acceptors (Lipinski definition) is 4. The molecule has 0 spiro atoms. The van der Waals surface area contributed by atoms with Crippen LogP contribution in [0.3, 0.4) is 0 Å². The number of hydrogen-bond donors (Lipinski definition) is 1. The van der Waals surface area contributed by atoms with Crippen LogP contribution in [0.25, 0.3) is 0 Å². The fourth-order valence-corrected chi connectivity index (χ4v) is 2.79. The van der Waals surface area contributed by atoms with Crippen LogP contribution in [0.15, 0.2) is 4.99 Å². The average molecular weight is 281 g/mol. The van der Waals surface area contributed by atoms with Gasteiger partial charge in [-0.2, -0.15) is 0 Å². The lowest BCUT2D eigenvalue weighted by Crippen LogP contribution is -2.42. The predicted octanol–water partition coefficient (Wildman–Crippen LogP) is 2.57. The highest BCUT2D eigenvalue weighted by Gasteiger charge is 2.41. The standard InChI is InChI=1S/C16H27NO3/c1-5-7-13(19)15-12(17-11(6-2)10-18)8-16(3,4)9-14(15)20/h11,15,18H,5-10H2,1-4H3/t11-,15+/m0/s1. The Labute approximate surface area is 121 Å². The van der Waals surface area contributed by atoms with E-state index in [1.54, 1.807) is 0 Å². The molecule has 1 N–H and O–H groups in total. The fraction of sp³-hybridized carbons (Fsp3) is 0.812. The van der Waals surface area contributed by atoms with Gasteiger partial charge in [-0.1, -0.05) is 27.7 Å². The number of aliphatic hydroxyl groups excluding tert-OH is 1. The maximum absolute atomic E-state index is 12.3. The van der Waals surface area contributed by atoms with E-state index in [1.807, 2.05) is 27.7 Å². The largest absolute Gasteiger partial charge is 0.394 e. The van der Waals surface area contributed by atoms with Crippen LogP contribution in [-0.4, -0.2) is 35.0 Å². The van der Waals surface area contributed by atoms with Gasteiger partial charge in [0.1, 0.15) is 17.5 Å². The normalized spacial score (nSPS) is 25.8. The maximum Gasteiger partial charge on any atom is 0.149 e. The molecule has 0 bridgehead atoms. The SMILES string of the molecule is CCCC(=O)[C@@H]1C(=O)CC(C)(C)CC1=N[C@@H](CC)CO. The molecule has 1 rings (SSSR count). The van der Waals surface area contributed by atoms with Gasteiger partial charge in [-0.25, -0.2) is 0 Å². The molecule has 4 nitrogen and oxygen atoms in total. The van der Waals surface area contributed by atoms with Gasteiger partial charge in [-0.05, 0) is 24.7 Å². The highest BCUT2D eigenvalue weighted by molar-refractivity contribution is 6.22. The van der Waals surface area contributed by atoms with Gasteiger partial charge >= 0.3 is 0 Å². The highest BCUT2D eigenvalue weighted by Crippen LogP contribution is 2.35. The van der Waals surface area contributed by atoms with Crippen molar-refractivity contribution in [3.8, 4) is 0 Å². The third kappa shape index (κ3) is 4.23. The molecule has 0 radical (unpaired) electrons. The van der Waals surface area contributed by atoms with Crippen LogP contribution in [-0.2, 0) is 9.59 Å². The van der Waals surface area contributed by atoms with E-state index in [1.165, 1.54) is 0 Å². The van der Waals surface area contributed by atoms with Crippen LogP contribution >= 0.6 is 0 Å². The summed E-state index contributed by atoms with van der Waals surface area (Å²) in [7, 11) is 0. The second-order valence-corrected chi connectivity index (χ2v) is 6.50. The summed E-state index contributed by atoms with van der Waals surface area (Å²) in [5.74, 6) is -0.686. The van der Waals surface area contributed by atoms with E-state index in [4.69, 9.17) is 0 Å². The van der Waals surface area contributed by atoms with Crippen LogP contribution in [0.5, 0.6) is 0 Å². The zero-order chi connectivity index (χ0) is 15.3. The Morgan fingerprint density at radius 3 is 2.55 bits per heavy atom. The van der Waals surface area contributed by atoms with Gasteiger partial charge in [0.05, 0.1) is 12.6 Å². The first-order chi connectivity index (χ1) is 9.34. The van der Waals surface area contributed by atoms with Crippen LogP contribution < -0.4 is 0 Å². The number of nitrogens with zero attached hydrogens (tertiary/aromatic N) is 1. The topological polar surface area (TPSA) is 66.7 Å². The summed E-state index contributed by atoms with van der Waals surface area (Å²) < 4.78 is 0. The number of aliphatic imine (C=N–C) groups is 1. The van der Waals surface area contributed by atoms with E-state index >= 15 is 0 Å². The van der Waals surface area contributed by atoms with Crippen LogP contribution in [0.2, 0.25) is 0 Å². The predicted molar refractivity (Wildman–Crippen MR) is 80.0 cm³/mol. The second-order valence-electron chi connectivity index (χ2n) is 6.50. The molecule has 0 saturated heterocycles. The molecule has 20 heavy (non-hydrogen) atoms. The minimum Gasteiger partial charge on any atom is -0.394 e. The Morgan fingerprint density at radius 1 is 1.40 bits per heavy atom. The molecule has 0 aromatic heterocycles. The summed E-state index contributed by atoms with van der Waals surface area (Å²) in [5.41, 5.74) is 0.540. The number of rotatable bonds is 6. The molecule has 1 fully saturated rings. The summed E-state index contributed by atoms with van der Waals surface area (Å²) in [4.78, 5) is 29.1. The fourth-order valence-electron chi connectivity index (χ4n) is 2.79. The first-order valence-electron chi connectivity index (χ1n) is 7.57. The Kier molecular flexibility index (Phi) is 6.06. The lowest BCUT2D eigenvalue weighted by Gasteiger charge is -2.34. The number of aliphatic hydroxyl groups is 1. The smallest absolute Gasteiger partial charge is 0.149 e. The minimum atomic E-state index is -0.663. The van der Waals surface area contributed by atoms with Crippen LogP contribution in [0.1, 0.15) is 59.8 Å². The molecule has 1 saturated carbocycles. The van der Waals surface area contributed by atoms with Gasteiger partial charge in [-0.3, -0.25) is 14.6 Å². The van der Waals surface area contributed by atoms with Crippen molar-refractivity contribution in [1.29, 1.82) is 0 Å². The van der Waals surface area contributed by atoms with Crippen molar-refractivity contribution < 1.29 is 14.7 Å². The van der Waals surface area contributed by atoms with Crippen molar-refractivity contribution in [2.24, 2.45) is 16.3 Å². The van der Waals surface area contributed by atoms with E-state index in [9.17, 15) is 14.7 Å². The maximum atomic E-state index is 12.3. The van der Waals surface area contributed by atoms with E-state index < -0.39 is 5.92 Å². The summed E-state index contributed by atoms with van der Waals surface area (Å²) >= 11 is 0. The molecule has 1 aliphatic rings. The van der Waals surface area contributed by atoms with Crippen molar-refractivity contribution in [1.82, 2.24) is 0 Å². The van der Waals surface area contributed by atoms with Gasteiger partial charge in [0.15, 0.2) is 0 Å². The zero-order valence-electron chi connectivity index (χ0n) is 13.1. The first kappa shape index (κ1) is 17.0. The summed E-state index contributed by atoms with van der Waals surface area (Å²) in [6, 6.07) is -0.205. The first-order valence-corrected chi connectivity index (χ1v) is 7.57. The van der Waals surface area contributed by atoms with Crippen molar-refractivity contribution in [2.75, 3.05) is 6.61 Å². The van der Waals surface area contributed by atoms with Gasteiger partial charge < -0.3 is 5.11 Å². The van der Waals surface area contributed by atoms with Crippen molar-refractivity contribution in [2.45, 2.75) is 65.8 Å². The Balaban J connectivity index is 3.09. The van der Waals surface area contributed by atoms with Crippen LogP contribution in [0, 0.1) is 11.3 Å². The molecule has 1 aliphatic carbocycles. The van der Waals surface area contributed by atoms with Gasteiger partial charge in [0.25, 0.3) is 0 Å². The monoisotopic (exact) mass is 281 g/mol. The van der Waals surface area contributed by atoms with E-state index in [2.05, 4.69) is 4.99 Å². The van der Waals surface area contributed by atoms with Gasteiger partial charge in [0, 0.05) is 18.6 Å². The second kappa shape index (κ2) is 7.11. The molecule has 0 aromatic rings. The van der Waals surface area contributed by atoms with E-state index in [0.29, 0.717) is 31.4 Å². The minimum absolute atomic E-state index is 0.00811. The average Bonchev–Trinajstić information content (AvgIpc) is 2.34. The lowest BCUT2D eigenvalue weighted by molar-refractivity contribution is -0.132. The van der Waals surface area contributed by atoms with E-state index in [-0.39, 0.29) is 29.6 Å². The Bertz CT molecular complexity index is 395. The molecule has 2 atom stereocenters. The Morgan fingerprint density at radius 2 is 2.05 bits per heavy atom. The molecule has 114 valence electrons. The summed E-state index contributed by atoms with van der Waals surface area (Å²) in [6.45, 7) is 7.91. The molecule has 0 amide bonds. The highest BCUT2D eigenvalue weighted by atomic mass is 16.3. The van der Waals surface area contributed by atoms with Crippen molar-refractivity contribution >= 4 is 17.3 Å². The summed E-state index contributed by atoms with van der Waals surface area (Å²) in [6.07, 6.45) is 2.98. The van der Waals surface area contributed by atoms with Gasteiger partial charge in [-0.15, -0.1) is 0 Å². The van der Waals surface area contributed by atoms with E-state index in [0.717, 1.165) is 6.42 Å². The molecule has 0 aromatic carbocycles.